The Labute approximate surface area is 146 Å². The molecule has 0 unspecified atom stereocenters. The maximum Gasteiger partial charge on any atom is 0.264 e. The Morgan fingerprint density at radius 1 is 1.16 bits per heavy atom. The van der Waals surface area contributed by atoms with Crippen molar-refractivity contribution < 1.29 is 17.9 Å². The van der Waals surface area contributed by atoms with Crippen molar-refractivity contribution in [3.63, 3.8) is 0 Å². The van der Waals surface area contributed by atoms with E-state index in [0.29, 0.717) is 36.6 Å². The van der Waals surface area contributed by atoms with E-state index in [1.54, 1.807) is 18.2 Å². The molecule has 0 fully saturated rings. The first-order valence-electron chi connectivity index (χ1n) is 8.14. The zero-order valence-corrected chi connectivity index (χ0v) is 14.6. The van der Waals surface area contributed by atoms with Crippen molar-refractivity contribution in [3.8, 4) is 5.75 Å². The Morgan fingerprint density at radius 2 is 2.00 bits per heavy atom. The van der Waals surface area contributed by atoms with Gasteiger partial charge in [-0.25, -0.2) is 8.42 Å². The molecular formula is C18H18N2O4S. The molecule has 0 bridgehead atoms. The fraction of sp³-hybridized carbons (Fsp3) is 0.278. The second-order valence-electron chi connectivity index (χ2n) is 6.22. The molecular weight excluding hydrogens is 340 g/mol. The van der Waals surface area contributed by atoms with E-state index in [1.165, 1.54) is 10.4 Å². The first-order valence-corrected chi connectivity index (χ1v) is 9.58. The summed E-state index contributed by atoms with van der Waals surface area (Å²) in [6.45, 7) is 3.04. The van der Waals surface area contributed by atoms with E-state index in [2.05, 4.69) is 5.32 Å². The lowest BCUT2D eigenvalue weighted by Crippen LogP contribution is -2.38. The summed E-state index contributed by atoms with van der Waals surface area (Å²) in [5.74, 6) is 0.335. The van der Waals surface area contributed by atoms with Gasteiger partial charge in [-0.1, -0.05) is 12.1 Å². The third-order valence-electron chi connectivity index (χ3n) is 4.53. The minimum atomic E-state index is -3.77. The van der Waals surface area contributed by atoms with E-state index in [0.717, 1.165) is 11.1 Å². The van der Waals surface area contributed by atoms with Crippen molar-refractivity contribution in [2.75, 3.05) is 24.0 Å². The van der Waals surface area contributed by atoms with Crippen LogP contribution in [0.5, 0.6) is 5.75 Å². The van der Waals surface area contributed by atoms with E-state index in [-0.39, 0.29) is 17.3 Å². The lowest BCUT2D eigenvalue weighted by Gasteiger charge is -2.31. The van der Waals surface area contributed by atoms with Crippen LogP contribution in [0.2, 0.25) is 0 Å². The quantitative estimate of drug-likeness (QED) is 0.889. The van der Waals surface area contributed by atoms with Crippen LogP contribution >= 0.6 is 0 Å². The number of ether oxygens (including phenoxy) is 1. The number of anilines is 1. The number of fused-ring (bicyclic) bond motifs is 2. The largest absolute Gasteiger partial charge is 0.489 e. The van der Waals surface area contributed by atoms with Gasteiger partial charge < -0.3 is 10.1 Å². The number of nitrogens with zero attached hydrogens (tertiary/aromatic N) is 1. The molecule has 0 aliphatic carbocycles. The number of hydrogen-bond acceptors (Lipinski definition) is 4. The van der Waals surface area contributed by atoms with Crippen molar-refractivity contribution >= 4 is 21.6 Å². The molecule has 2 aromatic carbocycles. The Morgan fingerprint density at radius 3 is 2.84 bits per heavy atom. The third-order valence-corrected chi connectivity index (χ3v) is 6.34. The molecule has 130 valence electrons. The molecule has 6 nitrogen and oxygen atoms in total. The van der Waals surface area contributed by atoms with Gasteiger partial charge in [0.15, 0.2) is 0 Å². The van der Waals surface area contributed by atoms with Crippen LogP contribution in [0.3, 0.4) is 0 Å². The smallest absolute Gasteiger partial charge is 0.264 e. The number of amides is 1. The van der Waals surface area contributed by atoms with Gasteiger partial charge >= 0.3 is 0 Å². The normalized spacial score (nSPS) is 16.5. The molecule has 25 heavy (non-hydrogen) atoms. The number of nitrogens with one attached hydrogen (secondary N) is 1. The molecule has 2 heterocycles. The lowest BCUT2D eigenvalue weighted by molar-refractivity contribution is 0.0945. The van der Waals surface area contributed by atoms with E-state index in [1.807, 2.05) is 19.1 Å². The molecule has 0 aromatic heterocycles. The average Bonchev–Trinajstić information content (AvgIpc) is 2.61. The molecule has 2 aliphatic heterocycles. The van der Waals surface area contributed by atoms with Crippen molar-refractivity contribution in [1.82, 2.24) is 5.32 Å². The summed E-state index contributed by atoms with van der Waals surface area (Å²) in [7, 11) is -3.77. The number of sulfonamides is 1. The van der Waals surface area contributed by atoms with Gasteiger partial charge in [0.05, 0.1) is 17.1 Å². The summed E-state index contributed by atoms with van der Waals surface area (Å²) in [4.78, 5) is 12.2. The van der Waals surface area contributed by atoms with Crippen molar-refractivity contribution in [2.45, 2.75) is 18.2 Å². The zero-order chi connectivity index (χ0) is 17.6. The molecule has 0 radical (unpaired) electrons. The summed E-state index contributed by atoms with van der Waals surface area (Å²) in [5.41, 5.74) is 2.84. The highest BCUT2D eigenvalue weighted by Crippen LogP contribution is 2.36. The van der Waals surface area contributed by atoms with Crippen LogP contribution < -0.4 is 14.4 Å². The van der Waals surface area contributed by atoms with Crippen molar-refractivity contribution in [1.29, 1.82) is 0 Å². The molecule has 0 atom stereocenters. The minimum Gasteiger partial charge on any atom is -0.489 e. The Bertz CT molecular complexity index is 969. The first-order chi connectivity index (χ1) is 12.0. The van der Waals surface area contributed by atoms with E-state index >= 15 is 0 Å². The van der Waals surface area contributed by atoms with E-state index in [4.69, 9.17) is 4.74 Å². The number of benzene rings is 2. The molecule has 0 saturated heterocycles. The summed E-state index contributed by atoms with van der Waals surface area (Å²) in [6.07, 6.45) is 0.709. The minimum absolute atomic E-state index is 0.122. The summed E-state index contributed by atoms with van der Waals surface area (Å²) >= 11 is 0. The van der Waals surface area contributed by atoms with Gasteiger partial charge in [-0.2, -0.15) is 0 Å². The van der Waals surface area contributed by atoms with Crippen LogP contribution in [0.25, 0.3) is 0 Å². The Kier molecular flexibility index (Phi) is 3.68. The van der Waals surface area contributed by atoms with Gasteiger partial charge in [-0.3, -0.25) is 9.10 Å². The lowest BCUT2D eigenvalue weighted by atomic mass is 10.0. The molecule has 4 rings (SSSR count). The second kappa shape index (κ2) is 5.77. The van der Waals surface area contributed by atoms with Crippen LogP contribution in [-0.2, 0) is 16.4 Å². The maximum absolute atomic E-state index is 13.2. The number of hydrogen-bond donors (Lipinski definition) is 1. The van der Waals surface area contributed by atoms with Crippen LogP contribution in [-0.4, -0.2) is 34.0 Å². The van der Waals surface area contributed by atoms with Crippen LogP contribution in [0.15, 0.2) is 41.3 Å². The third kappa shape index (κ3) is 2.64. The van der Waals surface area contributed by atoms with Crippen LogP contribution in [0, 0.1) is 6.92 Å². The predicted octanol–water partition coefficient (Wildman–Crippen LogP) is 1.87. The number of aryl methyl sites for hydroxylation is 1. The van der Waals surface area contributed by atoms with Gasteiger partial charge in [-0.05, 0) is 48.7 Å². The monoisotopic (exact) mass is 358 g/mol. The predicted molar refractivity (Wildman–Crippen MR) is 93.7 cm³/mol. The highest BCUT2D eigenvalue weighted by Gasteiger charge is 2.31. The number of carbonyl (C=O) groups excluding carboxylic acids is 1. The zero-order valence-electron chi connectivity index (χ0n) is 13.8. The van der Waals surface area contributed by atoms with Crippen molar-refractivity contribution in [2.24, 2.45) is 0 Å². The summed E-state index contributed by atoms with van der Waals surface area (Å²) < 4.78 is 33.3. The molecule has 0 spiro atoms. The van der Waals surface area contributed by atoms with Gasteiger partial charge in [0.2, 0.25) is 0 Å². The maximum atomic E-state index is 13.2. The highest BCUT2D eigenvalue weighted by atomic mass is 32.2. The molecule has 2 aromatic rings. The standard InChI is InChI=1S/C18H18N2O4S/c1-12-2-5-16-17(10-12)24-9-8-20(16)25(22,23)14-4-3-13-6-7-19-18(21)15(13)11-14/h2-5,10-11H,6-9H2,1H3,(H,19,21). The molecule has 7 heteroatoms. The van der Waals surface area contributed by atoms with Gasteiger partial charge in [0.1, 0.15) is 12.4 Å². The second-order valence-corrected chi connectivity index (χ2v) is 8.08. The fourth-order valence-corrected chi connectivity index (χ4v) is 4.72. The van der Waals surface area contributed by atoms with Crippen molar-refractivity contribution in [3.05, 3.63) is 53.1 Å². The molecule has 1 amide bonds. The summed E-state index contributed by atoms with van der Waals surface area (Å²) in [6, 6.07) is 10.2. The number of rotatable bonds is 2. The van der Waals surface area contributed by atoms with Gasteiger partial charge in [0, 0.05) is 12.1 Å². The fourth-order valence-electron chi connectivity index (χ4n) is 3.23. The summed E-state index contributed by atoms with van der Waals surface area (Å²) in [5, 5.41) is 2.75. The topological polar surface area (TPSA) is 75.7 Å². The van der Waals surface area contributed by atoms with Crippen LogP contribution in [0.4, 0.5) is 5.69 Å². The van der Waals surface area contributed by atoms with E-state index < -0.39 is 10.0 Å². The average molecular weight is 358 g/mol. The SMILES string of the molecule is Cc1ccc2c(c1)OCCN2S(=O)(=O)c1ccc2c(c1)C(=O)NCC2. The molecule has 2 aliphatic rings. The number of carbonyl (C=O) groups is 1. The van der Waals surface area contributed by atoms with Crippen LogP contribution in [0.1, 0.15) is 21.5 Å². The van der Waals surface area contributed by atoms with E-state index in [9.17, 15) is 13.2 Å². The Balaban J connectivity index is 1.79. The Hall–Kier alpha value is -2.54. The first kappa shape index (κ1) is 16.0. The van der Waals surface area contributed by atoms with Gasteiger partial charge in [0.25, 0.3) is 15.9 Å². The van der Waals surface area contributed by atoms with Gasteiger partial charge in [-0.15, -0.1) is 0 Å². The molecule has 1 N–H and O–H groups in total. The molecule has 0 saturated carbocycles. The highest BCUT2D eigenvalue weighted by molar-refractivity contribution is 7.92.